The van der Waals surface area contributed by atoms with Gasteiger partial charge in [-0.2, -0.15) is 0 Å². The fourth-order valence-corrected chi connectivity index (χ4v) is 8.20. The number of urea groups is 1. The van der Waals surface area contributed by atoms with Crippen molar-refractivity contribution in [2.75, 3.05) is 29.2 Å². The lowest BCUT2D eigenvalue weighted by molar-refractivity contribution is -0.141. The number of carbonyl (C=O) groups excluding carboxylic acids is 6. The van der Waals surface area contributed by atoms with Crippen molar-refractivity contribution in [2.45, 2.75) is 89.1 Å². The number of hydrogen-bond acceptors (Lipinski definition) is 11. The van der Waals surface area contributed by atoms with Crippen LogP contribution in [0, 0.1) is 5.92 Å². The molecule has 1 unspecified atom stereocenters. The van der Waals surface area contributed by atoms with Gasteiger partial charge in [-0.15, -0.1) is 11.6 Å². The summed E-state index contributed by atoms with van der Waals surface area (Å²) in [5, 5.41) is 40.5. The number of nitrogens with zero attached hydrogens (tertiary/aromatic N) is 2. The van der Waals surface area contributed by atoms with E-state index in [-0.39, 0.29) is 67.2 Å². The van der Waals surface area contributed by atoms with E-state index in [2.05, 4.69) is 31.2 Å². The van der Waals surface area contributed by atoms with E-state index < -0.39 is 109 Å². The minimum absolute atomic E-state index is 0.0270. The number of amides is 7. The maximum absolute atomic E-state index is 14.3. The monoisotopic (exact) mass is 1030 g/mol. The molecule has 25 heteroatoms. The zero-order chi connectivity index (χ0) is 53.5. The van der Waals surface area contributed by atoms with Gasteiger partial charge in [0.25, 0.3) is 11.8 Å². The van der Waals surface area contributed by atoms with Gasteiger partial charge in [0.15, 0.2) is 5.96 Å². The Bertz CT molecular complexity index is 2730. The molecule has 0 saturated heterocycles. The Hall–Kier alpha value is -8.41. The third-order valence-corrected chi connectivity index (χ3v) is 12.1. The number of hydrogen-bond donors (Lipinski definition) is 12. The first-order valence-electron chi connectivity index (χ1n) is 23.0. The van der Waals surface area contributed by atoms with Gasteiger partial charge < -0.3 is 73.7 Å². The number of aromatic amines is 1. The highest BCUT2D eigenvalue weighted by Crippen LogP contribution is 2.46. The van der Waals surface area contributed by atoms with E-state index in [4.69, 9.17) is 38.6 Å². The molecule has 3 aromatic carbocycles. The highest BCUT2D eigenvalue weighted by atomic mass is 35.5. The summed E-state index contributed by atoms with van der Waals surface area (Å²) in [4.78, 5) is 123. The lowest BCUT2D eigenvalue weighted by Crippen LogP contribution is -2.55. The summed E-state index contributed by atoms with van der Waals surface area (Å²) in [6.07, 6.45) is -1.83. The molecule has 0 aliphatic carbocycles. The molecule has 1 aliphatic heterocycles. The van der Waals surface area contributed by atoms with E-state index in [0.29, 0.717) is 22.3 Å². The second-order valence-corrected chi connectivity index (χ2v) is 17.7. The number of ether oxygens (including phenoxy) is 1. The Morgan fingerprint density at radius 1 is 0.808 bits per heavy atom. The number of halogens is 1. The molecule has 24 nitrogen and oxygen atoms in total. The average molecular weight is 1030 g/mol. The minimum atomic E-state index is -1.69. The topological polar surface area (TPSA) is 393 Å². The van der Waals surface area contributed by atoms with Gasteiger partial charge in [-0.05, 0) is 73.1 Å². The fourth-order valence-electron chi connectivity index (χ4n) is 7.95. The second-order valence-electron chi connectivity index (χ2n) is 17.4. The zero-order valence-electron chi connectivity index (χ0n) is 39.8. The SMILES string of the molecule is CC(C)[C@H](NC(=O)CC[C@H](NC(=O)N[C@@H](CCC(=O)O)C(=O)O)C(=O)O)C(=O)N[C@@H](CCCN=C(N)N)C(=O)Nc1ccc(C(=O)N2CC(CCl)c3c2cc(OCc2ccccc2)c2[nH]c(C(N)=O)cc32)cc1. The first-order chi connectivity index (χ1) is 34.7. The molecule has 0 spiro atoms. The number of fused-ring (bicyclic) bond motifs is 3. The van der Waals surface area contributed by atoms with Crippen LogP contribution in [0.15, 0.2) is 71.7 Å². The first kappa shape index (κ1) is 55.5. The number of aliphatic imine (C=N–C) groups is 1. The molecule has 5 rings (SSSR count). The molecule has 0 radical (unpaired) electrons. The van der Waals surface area contributed by atoms with Crippen molar-refractivity contribution in [1.82, 2.24) is 26.3 Å². The predicted octanol–water partition coefficient (Wildman–Crippen LogP) is 2.30. The van der Waals surface area contributed by atoms with E-state index in [0.717, 1.165) is 11.1 Å². The van der Waals surface area contributed by atoms with E-state index in [1.165, 1.54) is 24.3 Å². The molecular weight excluding hydrogens is 974 g/mol. The third-order valence-electron chi connectivity index (χ3n) is 11.7. The molecule has 1 aliphatic rings. The molecule has 73 heavy (non-hydrogen) atoms. The first-order valence-corrected chi connectivity index (χ1v) is 23.5. The number of aromatic nitrogens is 1. The van der Waals surface area contributed by atoms with Crippen LogP contribution in [-0.4, -0.2) is 123 Å². The summed E-state index contributed by atoms with van der Waals surface area (Å²) in [6, 6.07) is 11.8. The number of alkyl halides is 1. The Morgan fingerprint density at radius 2 is 1.45 bits per heavy atom. The van der Waals surface area contributed by atoms with E-state index >= 15 is 0 Å². The number of carboxylic acid groups (broad SMARTS) is 3. The van der Waals surface area contributed by atoms with Crippen LogP contribution < -0.4 is 53.4 Å². The maximum Gasteiger partial charge on any atom is 0.326 e. The third kappa shape index (κ3) is 15.3. The molecule has 4 aromatic rings. The molecule has 5 atom stereocenters. The minimum Gasteiger partial charge on any atom is -0.487 e. The molecule has 0 bridgehead atoms. The molecule has 390 valence electrons. The highest BCUT2D eigenvalue weighted by Gasteiger charge is 2.37. The summed E-state index contributed by atoms with van der Waals surface area (Å²) in [5.41, 5.74) is 19.9. The number of nitrogens with two attached hydrogens (primary N) is 3. The van der Waals surface area contributed by atoms with Gasteiger partial charge in [0, 0.05) is 60.4 Å². The summed E-state index contributed by atoms with van der Waals surface area (Å²) >= 11 is 6.49. The number of carboxylic acids is 3. The second kappa shape index (κ2) is 25.6. The number of rotatable bonds is 26. The lowest BCUT2D eigenvalue weighted by atomic mass is 9.98. The fraction of sp³-hybridized carbons (Fsp3) is 0.375. The van der Waals surface area contributed by atoms with Crippen molar-refractivity contribution in [3.63, 3.8) is 0 Å². The summed E-state index contributed by atoms with van der Waals surface area (Å²) in [7, 11) is 0. The standard InChI is InChI=1S/C48H58ClN11O13/c1-24(2)39(59-36(61)16-14-31(45(68)69)57-48(72)58-32(46(70)71)15-17-37(62)63)43(66)56-30(9-6-18-53-47(51)52)42(65)54-28-12-10-26(11-13-28)44(67)60-22-27(21-49)38-29-19-33(41(50)64)55-40(29)35(20-34(38)60)73-23-25-7-4-3-5-8-25/h3-5,7-8,10-13,19-20,24,27,30-32,39,55H,6,9,14-18,21-23H2,1-2H3,(H2,50,64)(H,54,65)(H,56,66)(H,59,61)(H,62,63)(H,68,69)(H,70,71)(H4,51,52,53)(H2,57,58,72)/t27?,30-,31-,32-,39-/m0/s1. The largest absolute Gasteiger partial charge is 0.487 e. The van der Waals surface area contributed by atoms with Crippen LogP contribution in [-0.2, 0) is 35.4 Å². The van der Waals surface area contributed by atoms with Crippen molar-refractivity contribution >= 4 is 93.3 Å². The van der Waals surface area contributed by atoms with Gasteiger partial charge in [-0.25, -0.2) is 14.4 Å². The molecule has 7 amide bonds. The van der Waals surface area contributed by atoms with Crippen LogP contribution >= 0.6 is 11.6 Å². The summed E-state index contributed by atoms with van der Waals surface area (Å²) in [6.45, 7) is 3.74. The van der Waals surface area contributed by atoms with Crippen LogP contribution in [0.3, 0.4) is 0 Å². The van der Waals surface area contributed by atoms with Crippen LogP contribution in [0.2, 0.25) is 0 Å². The average Bonchev–Trinajstić information content (AvgIpc) is 3.96. The lowest BCUT2D eigenvalue weighted by Gasteiger charge is -2.25. The number of H-pyrrole nitrogens is 1. The number of nitrogens with one attached hydrogen (secondary N) is 6. The number of benzene rings is 3. The van der Waals surface area contributed by atoms with Gasteiger partial charge in [0.1, 0.15) is 42.2 Å². The van der Waals surface area contributed by atoms with Crippen molar-refractivity contribution < 1.29 is 63.2 Å². The normalized spacial score (nSPS) is 14.4. The van der Waals surface area contributed by atoms with Crippen molar-refractivity contribution in [3.8, 4) is 5.75 Å². The number of aliphatic carboxylic acids is 3. The van der Waals surface area contributed by atoms with Crippen LogP contribution in [0.5, 0.6) is 5.75 Å². The quantitative estimate of drug-likeness (QED) is 0.0186. The van der Waals surface area contributed by atoms with E-state index in [1.807, 2.05) is 35.6 Å². The Kier molecular flexibility index (Phi) is 19.5. The Labute approximate surface area is 422 Å². The molecule has 1 aromatic heterocycles. The molecule has 15 N–H and O–H groups in total. The van der Waals surface area contributed by atoms with E-state index in [9.17, 15) is 53.4 Å². The predicted molar refractivity (Wildman–Crippen MR) is 267 cm³/mol. The zero-order valence-corrected chi connectivity index (χ0v) is 40.6. The number of carbonyl (C=O) groups is 9. The van der Waals surface area contributed by atoms with Crippen molar-refractivity contribution in [2.24, 2.45) is 28.1 Å². The maximum atomic E-state index is 14.3. The Balaban J connectivity index is 1.27. The summed E-state index contributed by atoms with van der Waals surface area (Å²) in [5.74, 6) is -8.26. The number of guanidine groups is 1. The van der Waals surface area contributed by atoms with Crippen molar-refractivity contribution in [1.29, 1.82) is 0 Å². The smallest absolute Gasteiger partial charge is 0.326 e. The van der Waals surface area contributed by atoms with Gasteiger partial charge in [-0.1, -0.05) is 44.2 Å². The molecule has 0 saturated carbocycles. The van der Waals surface area contributed by atoms with Gasteiger partial charge in [0.05, 0.1) is 11.2 Å². The van der Waals surface area contributed by atoms with Gasteiger partial charge in [0.2, 0.25) is 17.7 Å². The molecule has 0 fully saturated rings. The molecular formula is C48H58ClN11O13. The van der Waals surface area contributed by atoms with Crippen LogP contribution in [0.25, 0.3) is 10.9 Å². The Morgan fingerprint density at radius 3 is 2.03 bits per heavy atom. The summed E-state index contributed by atoms with van der Waals surface area (Å²) < 4.78 is 6.25. The van der Waals surface area contributed by atoms with Crippen molar-refractivity contribution in [3.05, 3.63) is 89.1 Å². The van der Waals surface area contributed by atoms with E-state index in [1.54, 1.807) is 30.9 Å². The van der Waals surface area contributed by atoms with Gasteiger partial charge >= 0.3 is 23.9 Å². The number of primary amides is 1. The molecule has 2 heterocycles. The number of anilines is 2. The van der Waals surface area contributed by atoms with Gasteiger partial charge in [-0.3, -0.25) is 33.8 Å². The van der Waals surface area contributed by atoms with Crippen LogP contribution in [0.1, 0.15) is 90.3 Å². The van der Waals surface area contributed by atoms with Crippen LogP contribution in [0.4, 0.5) is 16.2 Å². The highest BCUT2D eigenvalue weighted by molar-refractivity contribution is 6.19.